The number of hydrogen-bond donors (Lipinski definition) is 0. The van der Waals surface area contributed by atoms with E-state index in [-0.39, 0.29) is 0 Å². The van der Waals surface area contributed by atoms with E-state index in [0.717, 1.165) is 44.0 Å². The SMILES string of the molecule is c1ccc2cc(-c3nc(-c4ccc5c(c4)oc4ccccc45)nc(-c4ccc5c6ccccc6c6ccccc6c5c4)n3)ccc2c1. The van der Waals surface area contributed by atoms with E-state index < -0.39 is 0 Å². The highest BCUT2D eigenvalue weighted by Gasteiger charge is 2.16. The third-order valence-electron chi connectivity index (χ3n) is 9.28. The van der Waals surface area contributed by atoms with Crippen LogP contribution in [0, 0.1) is 0 Å². The molecule has 0 fully saturated rings. The molecule has 0 aliphatic heterocycles. The second kappa shape index (κ2) is 10.1. The van der Waals surface area contributed by atoms with E-state index in [1.807, 2.05) is 24.3 Å². The Bertz CT molecular complexity index is 2830. The normalized spacial score (nSPS) is 11.8. The molecule has 10 rings (SSSR count). The zero-order valence-electron chi connectivity index (χ0n) is 25.2. The van der Waals surface area contributed by atoms with Crippen molar-refractivity contribution in [2.24, 2.45) is 0 Å². The van der Waals surface area contributed by atoms with Crippen molar-refractivity contribution in [1.29, 1.82) is 0 Å². The summed E-state index contributed by atoms with van der Waals surface area (Å²) in [6, 6.07) is 52.9. The van der Waals surface area contributed by atoms with Crippen LogP contribution in [-0.2, 0) is 0 Å². The van der Waals surface area contributed by atoms with Gasteiger partial charge in [0.2, 0.25) is 0 Å². The van der Waals surface area contributed by atoms with E-state index >= 15 is 0 Å². The van der Waals surface area contributed by atoms with Crippen molar-refractivity contribution in [3.8, 4) is 34.2 Å². The van der Waals surface area contributed by atoms with Gasteiger partial charge in [0.25, 0.3) is 0 Å². The topological polar surface area (TPSA) is 51.8 Å². The lowest BCUT2D eigenvalue weighted by molar-refractivity contribution is 0.669. The molecule has 0 N–H and O–H groups in total. The molecule has 0 saturated carbocycles. The molecule has 10 aromatic rings. The third kappa shape index (κ3) is 4.12. The molecule has 0 radical (unpaired) electrons. The lowest BCUT2D eigenvalue weighted by Gasteiger charge is -2.12. The number of aromatic nitrogens is 3. The van der Waals surface area contributed by atoms with E-state index in [2.05, 4.69) is 127 Å². The standard InChI is InChI=1S/C43H25N3O/c1-2-10-27-23-28(18-17-26(27)9-1)41-44-42(46-43(45-41)30-20-22-37-36-15-7-8-16-39(36)47-40(37)25-30)29-19-21-35-33-13-4-3-11-31(33)32-12-5-6-14-34(32)38(35)24-29/h1-25H. The maximum atomic E-state index is 6.25. The molecule has 0 aliphatic carbocycles. The van der Waals surface area contributed by atoms with E-state index in [4.69, 9.17) is 19.4 Å². The summed E-state index contributed by atoms with van der Waals surface area (Å²) in [6.45, 7) is 0. The number of nitrogens with zero attached hydrogens (tertiary/aromatic N) is 3. The van der Waals surface area contributed by atoms with Crippen LogP contribution in [0.25, 0.3) is 99.2 Å². The molecular formula is C43H25N3O. The monoisotopic (exact) mass is 599 g/mol. The number of para-hydroxylation sites is 1. The molecule has 4 nitrogen and oxygen atoms in total. The predicted octanol–water partition coefficient (Wildman–Crippen LogP) is 11.4. The second-order valence-corrected chi connectivity index (χ2v) is 12.0. The molecule has 4 heteroatoms. The Hall–Kier alpha value is -6.39. The van der Waals surface area contributed by atoms with Gasteiger partial charge >= 0.3 is 0 Å². The predicted molar refractivity (Wildman–Crippen MR) is 193 cm³/mol. The van der Waals surface area contributed by atoms with Crippen LogP contribution in [-0.4, -0.2) is 15.0 Å². The summed E-state index contributed by atoms with van der Waals surface area (Å²) in [5.74, 6) is 1.86. The summed E-state index contributed by atoms with van der Waals surface area (Å²) in [4.78, 5) is 15.3. The molecule has 0 saturated heterocycles. The first kappa shape index (κ1) is 25.9. The number of fused-ring (bicyclic) bond motifs is 10. The summed E-state index contributed by atoms with van der Waals surface area (Å²) in [5, 5.41) is 11.8. The van der Waals surface area contributed by atoms with E-state index in [1.165, 1.54) is 37.7 Å². The molecule has 47 heavy (non-hydrogen) atoms. The Labute approximate surface area is 269 Å². The van der Waals surface area contributed by atoms with Crippen molar-refractivity contribution in [2.45, 2.75) is 0 Å². The van der Waals surface area contributed by atoms with Gasteiger partial charge in [0.1, 0.15) is 11.2 Å². The van der Waals surface area contributed by atoms with Gasteiger partial charge in [-0.05, 0) is 73.4 Å². The Morgan fingerprint density at radius 1 is 0.298 bits per heavy atom. The number of furan rings is 1. The largest absolute Gasteiger partial charge is 0.456 e. The van der Waals surface area contributed by atoms with Crippen LogP contribution in [0.15, 0.2) is 156 Å². The molecule has 8 aromatic carbocycles. The lowest BCUT2D eigenvalue weighted by atomic mass is 9.93. The summed E-state index contributed by atoms with van der Waals surface area (Å²) < 4.78 is 6.25. The van der Waals surface area contributed by atoms with Gasteiger partial charge in [0.05, 0.1) is 0 Å². The van der Waals surface area contributed by atoms with Crippen LogP contribution in [0.4, 0.5) is 0 Å². The molecule has 2 heterocycles. The second-order valence-electron chi connectivity index (χ2n) is 12.0. The molecule has 2 aromatic heterocycles. The van der Waals surface area contributed by atoms with E-state index in [9.17, 15) is 0 Å². The van der Waals surface area contributed by atoms with Crippen molar-refractivity contribution in [1.82, 2.24) is 15.0 Å². The molecule has 218 valence electrons. The Morgan fingerprint density at radius 2 is 0.745 bits per heavy atom. The van der Waals surface area contributed by atoms with Gasteiger partial charge in [-0.25, -0.2) is 15.0 Å². The number of rotatable bonds is 3. The van der Waals surface area contributed by atoms with Crippen molar-refractivity contribution < 1.29 is 4.42 Å². The highest BCUT2D eigenvalue weighted by atomic mass is 16.3. The van der Waals surface area contributed by atoms with E-state index in [0.29, 0.717) is 17.5 Å². The van der Waals surface area contributed by atoms with Crippen LogP contribution >= 0.6 is 0 Å². The summed E-state index contributed by atoms with van der Waals surface area (Å²) in [6.07, 6.45) is 0. The van der Waals surface area contributed by atoms with Crippen molar-refractivity contribution >= 4 is 65.0 Å². The van der Waals surface area contributed by atoms with Crippen molar-refractivity contribution in [3.05, 3.63) is 152 Å². The maximum Gasteiger partial charge on any atom is 0.164 e. The van der Waals surface area contributed by atoms with Crippen LogP contribution in [0.5, 0.6) is 0 Å². The van der Waals surface area contributed by atoms with Crippen LogP contribution in [0.1, 0.15) is 0 Å². The van der Waals surface area contributed by atoms with Crippen LogP contribution in [0.2, 0.25) is 0 Å². The lowest BCUT2D eigenvalue weighted by Crippen LogP contribution is -2.00. The van der Waals surface area contributed by atoms with Crippen molar-refractivity contribution in [2.75, 3.05) is 0 Å². The highest BCUT2D eigenvalue weighted by molar-refractivity contribution is 6.25. The molecular weight excluding hydrogens is 574 g/mol. The van der Waals surface area contributed by atoms with Gasteiger partial charge < -0.3 is 4.42 Å². The first-order valence-corrected chi connectivity index (χ1v) is 15.8. The van der Waals surface area contributed by atoms with Gasteiger partial charge in [-0.2, -0.15) is 0 Å². The summed E-state index contributed by atoms with van der Waals surface area (Å²) >= 11 is 0. The quantitative estimate of drug-likeness (QED) is 0.190. The summed E-state index contributed by atoms with van der Waals surface area (Å²) in [7, 11) is 0. The highest BCUT2D eigenvalue weighted by Crippen LogP contribution is 2.38. The molecule has 0 atom stereocenters. The zero-order chi connectivity index (χ0) is 30.9. The van der Waals surface area contributed by atoms with Crippen LogP contribution in [0.3, 0.4) is 0 Å². The Kier molecular flexibility index (Phi) is 5.54. The Morgan fingerprint density at radius 3 is 1.43 bits per heavy atom. The Balaban J connectivity index is 1.22. The zero-order valence-corrected chi connectivity index (χ0v) is 25.2. The summed E-state index contributed by atoms with van der Waals surface area (Å²) in [5.41, 5.74) is 4.43. The smallest absolute Gasteiger partial charge is 0.164 e. The molecule has 0 amide bonds. The minimum atomic E-state index is 0.601. The fourth-order valence-electron chi connectivity index (χ4n) is 7.00. The first-order valence-electron chi connectivity index (χ1n) is 15.8. The molecule has 0 unspecified atom stereocenters. The number of hydrogen-bond acceptors (Lipinski definition) is 4. The fraction of sp³-hybridized carbons (Fsp3) is 0. The van der Waals surface area contributed by atoms with Gasteiger partial charge in [-0.3, -0.25) is 0 Å². The molecule has 0 bridgehead atoms. The minimum Gasteiger partial charge on any atom is -0.456 e. The average molecular weight is 600 g/mol. The minimum absolute atomic E-state index is 0.601. The fourth-order valence-corrected chi connectivity index (χ4v) is 7.00. The maximum absolute atomic E-state index is 6.25. The van der Waals surface area contributed by atoms with Gasteiger partial charge in [0.15, 0.2) is 17.5 Å². The van der Waals surface area contributed by atoms with E-state index in [1.54, 1.807) is 0 Å². The van der Waals surface area contributed by atoms with Gasteiger partial charge in [-0.1, -0.05) is 121 Å². The van der Waals surface area contributed by atoms with Crippen molar-refractivity contribution in [3.63, 3.8) is 0 Å². The average Bonchev–Trinajstić information content (AvgIpc) is 3.52. The third-order valence-corrected chi connectivity index (χ3v) is 9.28. The molecule has 0 spiro atoms. The van der Waals surface area contributed by atoms with Gasteiger partial charge in [0, 0.05) is 27.5 Å². The first-order chi connectivity index (χ1) is 23.3. The molecule has 0 aliphatic rings. The van der Waals surface area contributed by atoms with Gasteiger partial charge in [-0.15, -0.1) is 0 Å². The number of benzene rings is 8. The van der Waals surface area contributed by atoms with Crippen LogP contribution < -0.4 is 0 Å².